The van der Waals surface area contributed by atoms with Crippen molar-refractivity contribution in [2.45, 2.75) is 31.3 Å². The molecular formula is C20H18N4O2. The van der Waals surface area contributed by atoms with Crippen molar-refractivity contribution in [3.63, 3.8) is 0 Å². The molecule has 1 fully saturated rings. The molecule has 1 saturated carbocycles. The number of ether oxygens (including phenoxy) is 1. The van der Waals surface area contributed by atoms with Crippen LogP contribution in [0.3, 0.4) is 0 Å². The number of para-hydroxylation sites is 2. The summed E-state index contributed by atoms with van der Waals surface area (Å²) >= 11 is 0. The van der Waals surface area contributed by atoms with Gasteiger partial charge in [0.25, 0.3) is 0 Å². The minimum absolute atomic E-state index is 0.103. The Morgan fingerprint density at radius 3 is 2.38 bits per heavy atom. The third-order valence-corrected chi connectivity index (χ3v) is 4.84. The Morgan fingerprint density at radius 2 is 1.73 bits per heavy atom. The molecule has 0 unspecified atom stereocenters. The fourth-order valence-electron chi connectivity index (χ4n) is 3.38. The van der Waals surface area contributed by atoms with Crippen molar-refractivity contribution in [1.29, 1.82) is 0 Å². The van der Waals surface area contributed by atoms with Gasteiger partial charge in [0, 0.05) is 23.2 Å². The van der Waals surface area contributed by atoms with Crippen LogP contribution in [0.4, 0.5) is 0 Å². The van der Waals surface area contributed by atoms with Crippen LogP contribution in [0.1, 0.15) is 41.6 Å². The van der Waals surface area contributed by atoms with E-state index in [1.165, 1.54) is 12.8 Å². The first-order chi connectivity index (χ1) is 12.8. The van der Waals surface area contributed by atoms with E-state index in [1.807, 2.05) is 54.7 Å². The summed E-state index contributed by atoms with van der Waals surface area (Å²) in [6, 6.07) is 15.3. The Morgan fingerprint density at radius 1 is 1.08 bits per heavy atom. The highest BCUT2D eigenvalue weighted by molar-refractivity contribution is 5.77. The van der Waals surface area contributed by atoms with E-state index < -0.39 is 0 Å². The topological polar surface area (TPSA) is 69.0 Å². The van der Waals surface area contributed by atoms with Gasteiger partial charge in [0.2, 0.25) is 5.91 Å². The second-order valence-electron chi connectivity index (χ2n) is 6.79. The molecule has 0 saturated heterocycles. The molecule has 1 aliphatic carbocycles. The molecule has 1 aliphatic heterocycles. The van der Waals surface area contributed by atoms with E-state index in [1.54, 1.807) is 4.68 Å². The minimum Gasteiger partial charge on any atom is -0.457 e. The lowest BCUT2D eigenvalue weighted by Crippen LogP contribution is -2.33. The van der Waals surface area contributed by atoms with E-state index in [0.29, 0.717) is 5.92 Å². The number of fused-ring (bicyclic) bond motifs is 2. The molecule has 2 aliphatic rings. The number of hydrogen-bond acceptors (Lipinski definition) is 4. The highest BCUT2D eigenvalue weighted by Crippen LogP contribution is 2.42. The Hall–Kier alpha value is -3.15. The zero-order valence-corrected chi connectivity index (χ0v) is 14.1. The summed E-state index contributed by atoms with van der Waals surface area (Å²) in [5.74, 6) is 1.97. The number of nitrogens with one attached hydrogen (secondary N) is 1. The van der Waals surface area contributed by atoms with Gasteiger partial charge in [-0.2, -0.15) is 0 Å². The van der Waals surface area contributed by atoms with Crippen molar-refractivity contribution in [2.24, 2.45) is 0 Å². The van der Waals surface area contributed by atoms with E-state index in [9.17, 15) is 4.79 Å². The van der Waals surface area contributed by atoms with Crippen molar-refractivity contribution in [3.05, 3.63) is 71.5 Å². The van der Waals surface area contributed by atoms with E-state index in [4.69, 9.17) is 4.74 Å². The van der Waals surface area contributed by atoms with Crippen LogP contribution in [0.5, 0.6) is 11.5 Å². The number of carbonyl (C=O) groups excluding carboxylic acids is 1. The van der Waals surface area contributed by atoms with Crippen LogP contribution < -0.4 is 10.1 Å². The second kappa shape index (κ2) is 5.98. The zero-order valence-electron chi connectivity index (χ0n) is 14.1. The Labute approximate surface area is 150 Å². The average Bonchev–Trinajstić information content (AvgIpc) is 3.41. The summed E-state index contributed by atoms with van der Waals surface area (Å²) in [6.07, 6.45) is 4.21. The maximum absolute atomic E-state index is 12.7. The van der Waals surface area contributed by atoms with Crippen molar-refractivity contribution in [3.8, 4) is 11.5 Å². The predicted molar refractivity (Wildman–Crippen MR) is 94.9 cm³/mol. The Bertz CT molecular complexity index is 932. The first kappa shape index (κ1) is 15.1. The fraction of sp³-hybridized carbons (Fsp3) is 0.250. The summed E-state index contributed by atoms with van der Waals surface area (Å²) in [5.41, 5.74) is 2.90. The van der Waals surface area contributed by atoms with Gasteiger partial charge in [-0.25, -0.2) is 4.68 Å². The molecule has 1 aromatic heterocycles. The van der Waals surface area contributed by atoms with Gasteiger partial charge < -0.3 is 10.1 Å². The van der Waals surface area contributed by atoms with Crippen molar-refractivity contribution in [2.75, 3.05) is 0 Å². The molecule has 0 radical (unpaired) electrons. The van der Waals surface area contributed by atoms with Crippen LogP contribution in [0.25, 0.3) is 0 Å². The SMILES string of the molecule is O=C(Cn1cc(C2CC2)nn1)NC1c2ccccc2Oc2ccccc21. The highest BCUT2D eigenvalue weighted by Gasteiger charge is 2.29. The molecule has 26 heavy (non-hydrogen) atoms. The molecule has 0 atom stereocenters. The first-order valence-corrected chi connectivity index (χ1v) is 8.83. The number of rotatable bonds is 4. The normalized spacial score (nSPS) is 15.7. The molecule has 6 nitrogen and oxygen atoms in total. The summed E-state index contributed by atoms with van der Waals surface area (Å²) in [4.78, 5) is 12.7. The van der Waals surface area contributed by atoms with E-state index in [2.05, 4.69) is 15.6 Å². The fourth-order valence-corrected chi connectivity index (χ4v) is 3.38. The number of aromatic nitrogens is 3. The lowest BCUT2D eigenvalue weighted by atomic mass is 9.94. The van der Waals surface area contributed by atoms with Crippen LogP contribution in [-0.2, 0) is 11.3 Å². The standard InChI is InChI=1S/C20H18N4O2/c25-19(12-24-11-16(22-23-24)13-9-10-13)21-20-14-5-1-3-7-17(14)26-18-8-4-2-6-15(18)20/h1-8,11,13,20H,9-10,12H2,(H,21,25). The molecule has 1 amide bonds. The highest BCUT2D eigenvalue weighted by atomic mass is 16.5. The van der Waals surface area contributed by atoms with Gasteiger partial charge in [0.15, 0.2) is 0 Å². The van der Waals surface area contributed by atoms with E-state index >= 15 is 0 Å². The molecule has 1 N–H and O–H groups in total. The van der Waals surface area contributed by atoms with Crippen LogP contribution in [-0.4, -0.2) is 20.9 Å². The Kier molecular flexibility index (Phi) is 3.48. The van der Waals surface area contributed by atoms with Crippen molar-refractivity contribution >= 4 is 5.91 Å². The van der Waals surface area contributed by atoms with Crippen LogP contribution >= 0.6 is 0 Å². The predicted octanol–water partition coefficient (Wildman–Crippen LogP) is 3.17. The summed E-state index contributed by atoms with van der Waals surface area (Å²) < 4.78 is 7.58. The van der Waals surface area contributed by atoms with Gasteiger partial charge in [-0.3, -0.25) is 4.79 Å². The number of nitrogens with zero attached hydrogens (tertiary/aromatic N) is 3. The molecule has 2 heterocycles. The quantitative estimate of drug-likeness (QED) is 0.788. The van der Waals surface area contributed by atoms with Gasteiger partial charge in [-0.15, -0.1) is 5.10 Å². The number of carbonyl (C=O) groups is 1. The van der Waals surface area contributed by atoms with E-state index in [0.717, 1.165) is 28.3 Å². The minimum atomic E-state index is -0.241. The molecule has 130 valence electrons. The largest absolute Gasteiger partial charge is 0.457 e. The second-order valence-corrected chi connectivity index (χ2v) is 6.79. The van der Waals surface area contributed by atoms with Gasteiger partial charge in [-0.1, -0.05) is 41.6 Å². The average molecular weight is 346 g/mol. The third-order valence-electron chi connectivity index (χ3n) is 4.84. The van der Waals surface area contributed by atoms with Gasteiger partial charge in [0.05, 0.1) is 11.7 Å². The lowest BCUT2D eigenvalue weighted by molar-refractivity contribution is -0.122. The van der Waals surface area contributed by atoms with Crippen molar-refractivity contribution in [1.82, 2.24) is 20.3 Å². The zero-order chi connectivity index (χ0) is 17.5. The van der Waals surface area contributed by atoms with Crippen LogP contribution in [0, 0.1) is 0 Å². The smallest absolute Gasteiger partial charge is 0.242 e. The lowest BCUT2D eigenvalue weighted by Gasteiger charge is -2.28. The molecule has 3 aromatic rings. The molecular weight excluding hydrogens is 328 g/mol. The number of amides is 1. The Balaban J connectivity index is 1.39. The monoisotopic (exact) mass is 346 g/mol. The summed E-state index contributed by atoms with van der Waals surface area (Å²) in [5, 5.41) is 11.4. The molecule has 0 spiro atoms. The van der Waals surface area contributed by atoms with Crippen LogP contribution in [0.2, 0.25) is 0 Å². The summed E-state index contributed by atoms with van der Waals surface area (Å²) in [6.45, 7) is 0.154. The van der Waals surface area contributed by atoms with Crippen LogP contribution in [0.15, 0.2) is 54.7 Å². The number of hydrogen-bond donors (Lipinski definition) is 1. The van der Waals surface area contributed by atoms with E-state index in [-0.39, 0.29) is 18.5 Å². The molecule has 0 bridgehead atoms. The number of benzene rings is 2. The molecule has 6 heteroatoms. The maximum Gasteiger partial charge on any atom is 0.242 e. The summed E-state index contributed by atoms with van der Waals surface area (Å²) in [7, 11) is 0. The van der Waals surface area contributed by atoms with Gasteiger partial charge in [-0.05, 0) is 25.0 Å². The van der Waals surface area contributed by atoms with Crippen molar-refractivity contribution < 1.29 is 9.53 Å². The van der Waals surface area contributed by atoms with Gasteiger partial charge >= 0.3 is 0 Å². The first-order valence-electron chi connectivity index (χ1n) is 8.83. The maximum atomic E-state index is 12.7. The van der Waals surface area contributed by atoms with Gasteiger partial charge in [0.1, 0.15) is 18.0 Å². The molecule has 2 aromatic carbocycles. The third kappa shape index (κ3) is 2.73. The molecule has 5 rings (SSSR count).